The van der Waals surface area contributed by atoms with Gasteiger partial charge in [0.05, 0.1) is 38.2 Å². The Bertz CT molecular complexity index is 2110. The third-order valence-corrected chi connectivity index (χ3v) is 10.9. The van der Waals surface area contributed by atoms with Gasteiger partial charge in [0.2, 0.25) is 17.8 Å². The van der Waals surface area contributed by atoms with Crippen LogP contribution in [0.4, 0.5) is 14.0 Å². The average molecular weight is 783 g/mol. The normalized spacial score (nSPS) is 19.2. The van der Waals surface area contributed by atoms with Crippen molar-refractivity contribution < 1.29 is 33.0 Å². The van der Waals surface area contributed by atoms with Crippen molar-refractivity contribution in [3.8, 4) is 33.6 Å². The van der Waals surface area contributed by atoms with Crippen molar-refractivity contribution in [1.82, 2.24) is 40.4 Å². The number of imidazole rings is 2. The van der Waals surface area contributed by atoms with Gasteiger partial charge in [-0.25, -0.2) is 19.6 Å². The number of H-pyrrole nitrogens is 2. The Morgan fingerprint density at radius 1 is 0.772 bits per heavy atom. The van der Waals surface area contributed by atoms with E-state index in [4.69, 9.17) is 9.47 Å². The zero-order valence-corrected chi connectivity index (χ0v) is 33.4. The lowest BCUT2D eigenvalue weighted by Gasteiger charge is -2.32. The van der Waals surface area contributed by atoms with Gasteiger partial charge in [0.1, 0.15) is 29.4 Å². The molecule has 2 aromatic carbocycles. The Hall–Kier alpha value is -5.99. The third-order valence-electron chi connectivity index (χ3n) is 10.9. The van der Waals surface area contributed by atoms with Crippen LogP contribution in [-0.2, 0) is 19.1 Å². The van der Waals surface area contributed by atoms with Crippen LogP contribution in [0.5, 0.6) is 0 Å². The van der Waals surface area contributed by atoms with Gasteiger partial charge in [-0.15, -0.1) is 0 Å². The number of halogens is 1. The predicted octanol–water partition coefficient (Wildman–Crippen LogP) is 7.26. The molecule has 2 aliphatic heterocycles. The van der Waals surface area contributed by atoms with Gasteiger partial charge in [0.15, 0.2) is 0 Å². The van der Waals surface area contributed by atoms with Gasteiger partial charge in [-0.05, 0) is 61.1 Å². The summed E-state index contributed by atoms with van der Waals surface area (Å²) in [4.78, 5) is 70.2. The van der Waals surface area contributed by atoms with Crippen LogP contribution in [0.2, 0.25) is 0 Å². The lowest BCUT2D eigenvalue weighted by atomic mass is 10.0. The topological polar surface area (TPSA) is 175 Å². The van der Waals surface area contributed by atoms with Crippen LogP contribution < -0.4 is 10.6 Å². The van der Waals surface area contributed by atoms with Crippen LogP contribution in [-0.4, -0.2) is 86.1 Å². The number of nitrogens with one attached hydrogen (secondary N) is 4. The molecule has 14 nitrogen and oxygen atoms in total. The summed E-state index contributed by atoms with van der Waals surface area (Å²) in [5.74, 6) is -0.508. The molecule has 0 bridgehead atoms. The van der Waals surface area contributed by atoms with E-state index in [-0.39, 0.29) is 41.4 Å². The summed E-state index contributed by atoms with van der Waals surface area (Å²) in [5, 5.41) is 5.31. The van der Waals surface area contributed by atoms with E-state index in [0.717, 1.165) is 22.4 Å². The molecule has 5 unspecified atom stereocenters. The van der Waals surface area contributed by atoms with Crippen molar-refractivity contribution >= 4 is 24.0 Å². The lowest BCUT2D eigenvalue weighted by molar-refractivity contribution is -0.137. The minimum atomic E-state index is -0.804. The summed E-state index contributed by atoms with van der Waals surface area (Å²) in [6.45, 7) is 13.5. The molecular weight excluding hydrogens is 732 g/mol. The number of rotatable bonds is 11. The molecule has 0 saturated carbocycles. The monoisotopic (exact) mass is 782 g/mol. The SMILES string of the molecule is C=C1CCC(c2ncc(-c3ccc(-c4ccc(-c5nc(C6CCC(C)N6C(=O)C(NC(=O)OC)C(C)C)[nH]c5F)cc4)cc3)[nH]2)N1C(=O)C(NC(=O)OC)C(C)C. The molecule has 302 valence electrons. The van der Waals surface area contributed by atoms with Gasteiger partial charge in [0.25, 0.3) is 0 Å². The highest BCUT2D eigenvalue weighted by atomic mass is 19.1. The molecule has 57 heavy (non-hydrogen) atoms. The van der Waals surface area contributed by atoms with Gasteiger partial charge < -0.3 is 39.9 Å². The van der Waals surface area contributed by atoms with Gasteiger partial charge in [0, 0.05) is 17.3 Å². The molecule has 5 atom stereocenters. The lowest BCUT2D eigenvalue weighted by Crippen LogP contribution is -2.52. The fraction of sp³-hybridized carbons (Fsp3) is 0.429. The molecular formula is C42H51FN8O6. The summed E-state index contributed by atoms with van der Waals surface area (Å²) in [5.41, 5.74) is 4.96. The number of hydrogen-bond acceptors (Lipinski definition) is 8. The number of alkyl carbamates (subject to hydrolysis) is 2. The number of hydrogen-bond donors (Lipinski definition) is 4. The second-order valence-electron chi connectivity index (χ2n) is 15.4. The maximum atomic E-state index is 15.5. The minimum absolute atomic E-state index is 0.129. The molecule has 15 heteroatoms. The molecule has 2 aliphatic rings. The summed E-state index contributed by atoms with van der Waals surface area (Å²) in [7, 11) is 2.51. The van der Waals surface area contributed by atoms with Gasteiger partial charge >= 0.3 is 12.2 Å². The number of ether oxygens (including phenoxy) is 2. The van der Waals surface area contributed by atoms with Crippen LogP contribution in [0.15, 0.2) is 67.0 Å². The van der Waals surface area contributed by atoms with Crippen LogP contribution in [0, 0.1) is 17.8 Å². The van der Waals surface area contributed by atoms with E-state index in [1.54, 1.807) is 16.0 Å². The Morgan fingerprint density at radius 2 is 1.32 bits per heavy atom. The smallest absolute Gasteiger partial charge is 0.407 e. The maximum absolute atomic E-state index is 15.5. The molecule has 0 spiro atoms. The van der Waals surface area contributed by atoms with E-state index in [0.29, 0.717) is 48.6 Å². The number of amides is 4. The number of carbonyl (C=O) groups excluding carboxylic acids is 4. The first kappa shape index (κ1) is 40.7. The Labute approximate surface area is 331 Å². The first-order valence-electron chi connectivity index (χ1n) is 19.3. The molecule has 4 heterocycles. The number of aromatic nitrogens is 4. The molecule has 4 aromatic rings. The summed E-state index contributed by atoms with van der Waals surface area (Å²) in [6, 6.07) is 12.8. The summed E-state index contributed by atoms with van der Waals surface area (Å²) < 4.78 is 25.0. The standard InChI is InChI=1S/C42H51FN8O6/c1-22(2)33(47-41(54)56-7)39(52)50-24(5)9-19-31(50)37-44-21-30(45-37)28-15-11-26(12-16-28)27-13-17-29(18-14-27)35-36(43)49-38(46-35)32-20-10-25(6)51(32)40(53)34(23(3)4)48-42(55)57-8/h11-18,21-23,25,31-34H,5,9-10,19-20H2,1-4,6-8H3,(H,44,45)(H,46,49)(H,47,54)(H,48,55). The first-order chi connectivity index (χ1) is 27.2. The molecule has 0 radical (unpaired) electrons. The molecule has 4 amide bonds. The van der Waals surface area contributed by atoms with E-state index in [9.17, 15) is 19.2 Å². The van der Waals surface area contributed by atoms with Crippen LogP contribution in [0.1, 0.15) is 84.0 Å². The Kier molecular flexibility index (Phi) is 12.1. The molecule has 2 aromatic heterocycles. The van der Waals surface area contributed by atoms with Crippen molar-refractivity contribution in [1.29, 1.82) is 0 Å². The molecule has 2 saturated heterocycles. The second-order valence-corrected chi connectivity index (χ2v) is 15.4. The zero-order chi connectivity index (χ0) is 41.1. The molecule has 2 fully saturated rings. The van der Waals surface area contributed by atoms with Crippen LogP contribution in [0.3, 0.4) is 0 Å². The predicted molar refractivity (Wildman–Crippen MR) is 212 cm³/mol. The zero-order valence-electron chi connectivity index (χ0n) is 33.4. The van der Waals surface area contributed by atoms with Crippen LogP contribution >= 0.6 is 0 Å². The fourth-order valence-electron chi connectivity index (χ4n) is 7.71. The van der Waals surface area contributed by atoms with E-state index in [1.807, 2.05) is 83.1 Å². The van der Waals surface area contributed by atoms with Crippen molar-refractivity contribution in [2.75, 3.05) is 14.2 Å². The molecule has 4 N–H and O–H groups in total. The number of nitrogens with zero attached hydrogens (tertiary/aromatic N) is 4. The number of carbonyl (C=O) groups is 4. The van der Waals surface area contributed by atoms with Crippen molar-refractivity contribution in [3.63, 3.8) is 0 Å². The largest absolute Gasteiger partial charge is 0.453 e. The van der Waals surface area contributed by atoms with Crippen molar-refractivity contribution in [3.05, 3.63) is 84.6 Å². The van der Waals surface area contributed by atoms with Crippen molar-refractivity contribution in [2.45, 2.75) is 90.5 Å². The third kappa shape index (κ3) is 8.42. The highest BCUT2D eigenvalue weighted by Gasteiger charge is 2.42. The van der Waals surface area contributed by atoms with Gasteiger partial charge in [-0.2, -0.15) is 4.39 Å². The van der Waals surface area contributed by atoms with E-state index >= 15 is 4.39 Å². The van der Waals surface area contributed by atoms with E-state index in [2.05, 4.69) is 37.1 Å². The number of aromatic amines is 2. The Morgan fingerprint density at radius 3 is 1.88 bits per heavy atom. The van der Waals surface area contributed by atoms with E-state index < -0.39 is 36.3 Å². The van der Waals surface area contributed by atoms with Gasteiger partial charge in [-0.3, -0.25) is 9.59 Å². The van der Waals surface area contributed by atoms with Crippen LogP contribution in [0.25, 0.3) is 33.6 Å². The van der Waals surface area contributed by atoms with Crippen molar-refractivity contribution in [2.24, 2.45) is 11.8 Å². The summed E-state index contributed by atoms with van der Waals surface area (Å²) >= 11 is 0. The minimum Gasteiger partial charge on any atom is -0.453 e. The second kappa shape index (κ2) is 17.0. The number of methoxy groups -OCH3 is 2. The number of benzene rings is 2. The highest BCUT2D eigenvalue weighted by Crippen LogP contribution is 2.39. The number of allylic oxidation sites excluding steroid dienone is 1. The maximum Gasteiger partial charge on any atom is 0.407 e. The molecule has 6 rings (SSSR count). The molecule has 0 aliphatic carbocycles. The quantitative estimate of drug-likeness (QED) is 0.123. The van der Waals surface area contributed by atoms with Gasteiger partial charge in [-0.1, -0.05) is 82.8 Å². The average Bonchev–Trinajstić information content (AvgIpc) is 4.01. The van der Waals surface area contributed by atoms with E-state index in [1.165, 1.54) is 14.2 Å². The Balaban J connectivity index is 1.15. The number of likely N-dealkylation sites (tertiary alicyclic amines) is 2. The first-order valence-corrected chi connectivity index (χ1v) is 19.3. The fourth-order valence-corrected chi connectivity index (χ4v) is 7.71. The highest BCUT2D eigenvalue weighted by molar-refractivity contribution is 5.88. The summed E-state index contributed by atoms with van der Waals surface area (Å²) in [6.07, 6.45) is 2.95.